The molecule has 2 heterocycles. The van der Waals surface area contributed by atoms with E-state index in [0.717, 1.165) is 55.3 Å². The maximum atomic E-state index is 6.50. The SMILES string of the molecule is CC1(C)c2ccccc2-c2cc(-c3cccc(-c4ccc5oc6cccc(-c7nc(-c8ccccc8)nc(-c8ccc(-c9ccccc9)cc8)n7)c6c5c4)c3)ccc21. The van der Waals surface area contributed by atoms with Gasteiger partial charge in [0.2, 0.25) is 0 Å². The molecule has 0 unspecified atom stereocenters. The fourth-order valence-electron chi connectivity index (χ4n) is 8.75. The molecule has 0 N–H and O–H groups in total. The Kier molecular flexibility index (Phi) is 7.80. The Hall–Kier alpha value is -7.43. The van der Waals surface area contributed by atoms with Crippen molar-refractivity contribution in [3.05, 3.63) is 199 Å². The number of rotatable bonds is 6. The van der Waals surface area contributed by atoms with Crippen molar-refractivity contribution in [3.8, 4) is 78.7 Å². The number of hydrogen-bond donors (Lipinski definition) is 0. The summed E-state index contributed by atoms with van der Waals surface area (Å²) >= 11 is 0. The first-order valence-electron chi connectivity index (χ1n) is 19.8. The van der Waals surface area contributed by atoms with Gasteiger partial charge in [-0.2, -0.15) is 0 Å². The Morgan fingerprint density at radius 3 is 1.60 bits per heavy atom. The molecule has 10 aromatic rings. The molecule has 0 bridgehead atoms. The van der Waals surface area contributed by atoms with E-state index in [1.54, 1.807) is 0 Å². The number of nitrogens with zero attached hydrogens (tertiary/aromatic N) is 3. The maximum Gasteiger partial charge on any atom is 0.164 e. The largest absolute Gasteiger partial charge is 0.456 e. The molecule has 8 aromatic carbocycles. The summed E-state index contributed by atoms with van der Waals surface area (Å²) in [6.45, 7) is 4.65. The van der Waals surface area contributed by atoms with Gasteiger partial charge >= 0.3 is 0 Å². The highest BCUT2D eigenvalue weighted by Gasteiger charge is 2.35. The van der Waals surface area contributed by atoms with Gasteiger partial charge in [-0.15, -0.1) is 0 Å². The van der Waals surface area contributed by atoms with E-state index in [-0.39, 0.29) is 5.41 Å². The number of furan rings is 1. The third kappa shape index (κ3) is 5.64. The van der Waals surface area contributed by atoms with Gasteiger partial charge in [0.15, 0.2) is 17.5 Å². The zero-order chi connectivity index (χ0) is 38.8. The molecule has 1 aliphatic rings. The molecule has 2 aromatic heterocycles. The Morgan fingerprint density at radius 1 is 0.345 bits per heavy atom. The first-order valence-corrected chi connectivity index (χ1v) is 19.8. The molecular formula is C54H37N3O. The van der Waals surface area contributed by atoms with Crippen LogP contribution in [0.5, 0.6) is 0 Å². The van der Waals surface area contributed by atoms with E-state index in [9.17, 15) is 0 Å². The van der Waals surface area contributed by atoms with Gasteiger partial charge in [-0.1, -0.05) is 172 Å². The molecule has 0 aliphatic heterocycles. The lowest BCUT2D eigenvalue weighted by atomic mass is 9.82. The lowest BCUT2D eigenvalue weighted by molar-refractivity contribution is 0.660. The van der Waals surface area contributed by atoms with Crippen molar-refractivity contribution < 1.29 is 4.42 Å². The van der Waals surface area contributed by atoms with Crippen LogP contribution in [0.1, 0.15) is 25.0 Å². The number of hydrogen-bond acceptors (Lipinski definition) is 4. The van der Waals surface area contributed by atoms with Gasteiger partial charge < -0.3 is 4.42 Å². The van der Waals surface area contributed by atoms with E-state index < -0.39 is 0 Å². The first-order chi connectivity index (χ1) is 28.5. The van der Waals surface area contributed by atoms with E-state index >= 15 is 0 Å². The maximum absolute atomic E-state index is 6.50. The molecule has 0 fully saturated rings. The van der Waals surface area contributed by atoms with Crippen LogP contribution in [0.25, 0.3) is 101 Å². The molecule has 0 spiro atoms. The smallest absolute Gasteiger partial charge is 0.164 e. The van der Waals surface area contributed by atoms with Gasteiger partial charge in [0.25, 0.3) is 0 Å². The third-order valence-corrected chi connectivity index (χ3v) is 11.8. The van der Waals surface area contributed by atoms with E-state index in [2.05, 4.69) is 153 Å². The summed E-state index contributed by atoms with van der Waals surface area (Å²) in [6.07, 6.45) is 0. The number of fused-ring (bicyclic) bond motifs is 6. The van der Waals surface area contributed by atoms with E-state index in [1.165, 1.54) is 38.9 Å². The fourth-order valence-corrected chi connectivity index (χ4v) is 8.75. The molecule has 0 radical (unpaired) electrons. The van der Waals surface area contributed by atoms with Crippen LogP contribution in [0.3, 0.4) is 0 Å². The van der Waals surface area contributed by atoms with Gasteiger partial charge in [0, 0.05) is 32.9 Å². The lowest BCUT2D eigenvalue weighted by Crippen LogP contribution is -2.14. The summed E-state index contributed by atoms with van der Waals surface area (Å²) in [5.74, 6) is 1.83. The van der Waals surface area contributed by atoms with Crippen LogP contribution in [0, 0.1) is 0 Å². The minimum Gasteiger partial charge on any atom is -0.456 e. The second kappa shape index (κ2) is 13.4. The van der Waals surface area contributed by atoms with Gasteiger partial charge in [-0.3, -0.25) is 0 Å². The third-order valence-electron chi connectivity index (χ3n) is 11.8. The summed E-state index contributed by atoms with van der Waals surface area (Å²) in [5, 5.41) is 1.99. The molecular weight excluding hydrogens is 707 g/mol. The molecule has 58 heavy (non-hydrogen) atoms. The van der Waals surface area contributed by atoms with E-state index in [0.29, 0.717) is 17.5 Å². The van der Waals surface area contributed by atoms with Crippen LogP contribution in [-0.4, -0.2) is 15.0 Å². The normalized spacial score (nSPS) is 12.8. The van der Waals surface area contributed by atoms with Crippen molar-refractivity contribution in [3.63, 3.8) is 0 Å². The molecule has 274 valence electrons. The predicted octanol–water partition coefficient (Wildman–Crippen LogP) is 14.1. The van der Waals surface area contributed by atoms with Crippen molar-refractivity contribution in [2.75, 3.05) is 0 Å². The van der Waals surface area contributed by atoms with E-state index in [1.807, 2.05) is 48.5 Å². The minimum atomic E-state index is -0.0198. The van der Waals surface area contributed by atoms with Crippen LogP contribution in [0.15, 0.2) is 192 Å². The summed E-state index contributed by atoms with van der Waals surface area (Å²) in [6, 6.07) is 66.2. The van der Waals surface area contributed by atoms with Gasteiger partial charge in [-0.25, -0.2) is 15.0 Å². The van der Waals surface area contributed by atoms with Crippen LogP contribution >= 0.6 is 0 Å². The molecule has 11 rings (SSSR count). The zero-order valence-corrected chi connectivity index (χ0v) is 32.1. The van der Waals surface area contributed by atoms with E-state index in [4.69, 9.17) is 19.4 Å². The number of benzene rings is 8. The molecule has 0 atom stereocenters. The zero-order valence-electron chi connectivity index (χ0n) is 32.1. The highest BCUT2D eigenvalue weighted by atomic mass is 16.3. The minimum absolute atomic E-state index is 0.0198. The van der Waals surface area contributed by atoms with Gasteiger partial charge in [0.05, 0.1) is 0 Å². The Balaban J connectivity index is 1.02. The van der Waals surface area contributed by atoms with Crippen molar-refractivity contribution in [2.45, 2.75) is 19.3 Å². The van der Waals surface area contributed by atoms with Crippen LogP contribution in [-0.2, 0) is 5.41 Å². The van der Waals surface area contributed by atoms with Crippen LogP contribution in [0.2, 0.25) is 0 Å². The number of aromatic nitrogens is 3. The summed E-state index contributed by atoms with van der Waals surface area (Å²) in [7, 11) is 0. The van der Waals surface area contributed by atoms with Crippen LogP contribution < -0.4 is 0 Å². The fraction of sp³-hybridized carbons (Fsp3) is 0.0556. The van der Waals surface area contributed by atoms with Crippen molar-refractivity contribution in [1.82, 2.24) is 15.0 Å². The highest BCUT2D eigenvalue weighted by Crippen LogP contribution is 2.49. The quantitative estimate of drug-likeness (QED) is 0.170. The topological polar surface area (TPSA) is 51.8 Å². The first kappa shape index (κ1) is 33.9. The second-order valence-corrected chi connectivity index (χ2v) is 15.6. The highest BCUT2D eigenvalue weighted by molar-refractivity contribution is 6.12. The Morgan fingerprint density at radius 2 is 0.845 bits per heavy atom. The second-order valence-electron chi connectivity index (χ2n) is 15.6. The van der Waals surface area contributed by atoms with Gasteiger partial charge in [0.1, 0.15) is 11.2 Å². The van der Waals surface area contributed by atoms with Crippen molar-refractivity contribution >= 4 is 21.9 Å². The van der Waals surface area contributed by atoms with Crippen LogP contribution in [0.4, 0.5) is 0 Å². The molecule has 4 nitrogen and oxygen atoms in total. The monoisotopic (exact) mass is 743 g/mol. The van der Waals surface area contributed by atoms with Crippen molar-refractivity contribution in [2.24, 2.45) is 0 Å². The average molecular weight is 744 g/mol. The van der Waals surface area contributed by atoms with Gasteiger partial charge in [-0.05, 0) is 86.0 Å². The summed E-state index contributed by atoms with van der Waals surface area (Å²) in [5.41, 5.74) is 16.7. The summed E-state index contributed by atoms with van der Waals surface area (Å²) < 4.78 is 6.50. The predicted molar refractivity (Wildman–Crippen MR) is 237 cm³/mol. The lowest BCUT2D eigenvalue weighted by Gasteiger charge is -2.21. The molecule has 1 aliphatic carbocycles. The molecule has 4 heteroatoms. The Labute approximate surface area is 337 Å². The Bertz CT molecular complexity index is 3180. The van der Waals surface area contributed by atoms with Crippen molar-refractivity contribution in [1.29, 1.82) is 0 Å². The summed E-state index contributed by atoms with van der Waals surface area (Å²) in [4.78, 5) is 15.3. The molecule has 0 saturated carbocycles. The molecule has 0 amide bonds. The average Bonchev–Trinajstić information content (AvgIpc) is 3.78. The standard InChI is InChI=1S/C54H37N3O/c1-54(2)46-21-10-9-19-42(46)44-32-40(27-29-47(44)54)38-17-11-18-39(31-38)41-28-30-48-45(33-41)50-43(20-12-22-49(50)58-48)53-56-51(36-15-7-4-8-16-36)55-52(57-53)37-25-23-35(24-26-37)34-13-5-3-6-14-34/h3-33H,1-2H3. The molecule has 0 saturated heterocycles.